The average molecular weight is 682 g/mol. The van der Waals surface area contributed by atoms with Gasteiger partial charge in [0, 0.05) is 16.1 Å². The van der Waals surface area contributed by atoms with Gasteiger partial charge in [0.15, 0.2) is 16.3 Å². The first kappa shape index (κ1) is 31.0. The Morgan fingerprint density at radius 1 is 1.00 bits per heavy atom. The van der Waals surface area contributed by atoms with Crippen LogP contribution in [0.25, 0.3) is 17.4 Å². The molecule has 0 saturated carbocycles. The summed E-state index contributed by atoms with van der Waals surface area (Å²) in [4.78, 5) is 44.3. The number of methoxy groups -OCH3 is 2. The summed E-state index contributed by atoms with van der Waals surface area (Å²) in [6.07, 6.45) is 1.64. The molecule has 12 heteroatoms. The number of benzene rings is 2. The predicted octanol–water partition coefficient (Wildman–Crippen LogP) is 5.01. The Hall–Kier alpha value is -4.42. The number of ether oxygens (including phenoxy) is 4. The predicted molar refractivity (Wildman–Crippen MR) is 168 cm³/mol. The van der Waals surface area contributed by atoms with Crippen molar-refractivity contribution in [2.75, 3.05) is 27.4 Å². The fourth-order valence-electron chi connectivity index (χ4n) is 4.86. The summed E-state index contributed by atoms with van der Waals surface area (Å²) >= 11 is 4.79. The van der Waals surface area contributed by atoms with Gasteiger partial charge in [0.2, 0.25) is 0 Å². The Kier molecular flexibility index (Phi) is 9.21. The second-order valence-corrected chi connectivity index (χ2v) is 11.4. The molecule has 2 aromatic carbocycles. The first-order valence-corrected chi connectivity index (χ1v) is 15.3. The minimum Gasteiger partial charge on any atom is -0.493 e. The van der Waals surface area contributed by atoms with E-state index in [9.17, 15) is 14.4 Å². The highest BCUT2D eigenvalue weighted by atomic mass is 79.9. The van der Waals surface area contributed by atoms with E-state index in [4.69, 9.17) is 23.4 Å². The number of furan rings is 1. The van der Waals surface area contributed by atoms with Gasteiger partial charge in [0.1, 0.15) is 11.5 Å². The van der Waals surface area contributed by atoms with Gasteiger partial charge in [-0.3, -0.25) is 9.36 Å². The zero-order valence-corrected chi connectivity index (χ0v) is 27.0. The first-order chi connectivity index (χ1) is 21.2. The van der Waals surface area contributed by atoms with Gasteiger partial charge in [-0.1, -0.05) is 39.4 Å². The third-order valence-corrected chi connectivity index (χ3v) is 8.56. The molecule has 0 N–H and O–H groups in total. The molecule has 44 heavy (non-hydrogen) atoms. The lowest BCUT2D eigenvalue weighted by Gasteiger charge is -2.26. The van der Waals surface area contributed by atoms with Gasteiger partial charge in [0.05, 0.1) is 54.8 Å². The fraction of sp³-hybridized carbons (Fsp3) is 0.250. The molecule has 0 radical (unpaired) electrons. The number of hydrogen-bond donors (Lipinski definition) is 0. The number of halogens is 1. The Morgan fingerprint density at radius 3 is 2.32 bits per heavy atom. The number of nitrogens with zero attached hydrogens (tertiary/aromatic N) is 2. The lowest BCUT2D eigenvalue weighted by atomic mass is 9.95. The lowest BCUT2D eigenvalue weighted by molar-refractivity contribution is -0.139. The summed E-state index contributed by atoms with van der Waals surface area (Å²) in [5.74, 6) is 0.966. The monoisotopic (exact) mass is 680 g/mol. The van der Waals surface area contributed by atoms with Crippen LogP contribution in [0.4, 0.5) is 0 Å². The molecule has 0 saturated heterocycles. The van der Waals surface area contributed by atoms with E-state index in [1.165, 1.54) is 30.1 Å². The Labute approximate surface area is 265 Å². The number of rotatable bonds is 9. The summed E-state index contributed by atoms with van der Waals surface area (Å²) in [6.45, 7) is 5.65. The van der Waals surface area contributed by atoms with Crippen LogP contribution in [0.1, 0.15) is 48.5 Å². The lowest BCUT2D eigenvalue weighted by Crippen LogP contribution is -2.40. The van der Waals surface area contributed by atoms with Crippen LogP contribution in [-0.2, 0) is 14.3 Å². The highest BCUT2D eigenvalue weighted by Crippen LogP contribution is 2.40. The smallest absolute Gasteiger partial charge is 0.338 e. The Morgan fingerprint density at radius 2 is 1.66 bits per heavy atom. The summed E-state index contributed by atoms with van der Waals surface area (Å²) in [6, 6.07) is 13.0. The van der Waals surface area contributed by atoms with Crippen LogP contribution in [-0.4, -0.2) is 43.9 Å². The SMILES string of the molecule is CCOC(=O)C1=C(C)N=c2s/c(=C\c3ccc(-c4ccc(C(=O)OCC)cc4)o3)c(=O)n2[C@H]1c1cc(OC)c(OC)cc1Br. The van der Waals surface area contributed by atoms with Crippen LogP contribution >= 0.6 is 27.3 Å². The highest BCUT2D eigenvalue weighted by molar-refractivity contribution is 9.10. The van der Waals surface area contributed by atoms with Crippen molar-refractivity contribution >= 4 is 45.3 Å². The summed E-state index contributed by atoms with van der Waals surface area (Å²) in [7, 11) is 3.04. The minimum atomic E-state index is -0.855. The van der Waals surface area contributed by atoms with Crippen molar-refractivity contribution in [2.24, 2.45) is 4.99 Å². The molecule has 3 heterocycles. The average Bonchev–Trinajstić information content (AvgIpc) is 3.60. The first-order valence-electron chi connectivity index (χ1n) is 13.7. The fourth-order valence-corrected chi connectivity index (χ4v) is 6.43. The van der Waals surface area contributed by atoms with Crippen LogP contribution in [0.15, 0.2) is 78.5 Å². The number of esters is 2. The molecule has 0 spiro atoms. The molecular weight excluding hydrogens is 652 g/mol. The van der Waals surface area contributed by atoms with E-state index in [0.29, 0.717) is 60.3 Å². The van der Waals surface area contributed by atoms with E-state index in [2.05, 4.69) is 20.9 Å². The molecule has 0 amide bonds. The van der Waals surface area contributed by atoms with Crippen LogP contribution in [0.3, 0.4) is 0 Å². The van der Waals surface area contributed by atoms with Gasteiger partial charge in [0.25, 0.3) is 5.56 Å². The molecule has 228 valence electrons. The van der Waals surface area contributed by atoms with E-state index in [-0.39, 0.29) is 17.7 Å². The molecule has 0 bridgehead atoms. The van der Waals surface area contributed by atoms with Gasteiger partial charge in [-0.15, -0.1) is 0 Å². The standard InChI is InChI=1S/C32H29BrN2O8S/c1-6-41-30(37)19-10-8-18(9-11-19)23-13-12-20(43-23)14-26-29(36)35-28(21-15-24(39-4)25(40-5)16-22(21)33)27(31(38)42-7-2)17(3)34-32(35)44-26/h8-16,28H,6-7H2,1-5H3/b26-14-/t28-/m0/s1. The second kappa shape index (κ2) is 13.1. The van der Waals surface area contributed by atoms with Crippen molar-refractivity contribution in [3.63, 3.8) is 0 Å². The summed E-state index contributed by atoms with van der Waals surface area (Å²) in [5.41, 5.74) is 2.12. The van der Waals surface area contributed by atoms with Crippen molar-refractivity contribution in [2.45, 2.75) is 26.8 Å². The quantitative estimate of drug-likeness (QED) is 0.226. The molecule has 1 aliphatic rings. The molecule has 2 aromatic heterocycles. The highest BCUT2D eigenvalue weighted by Gasteiger charge is 2.35. The summed E-state index contributed by atoms with van der Waals surface area (Å²) in [5, 5.41) is 0. The van der Waals surface area contributed by atoms with Crippen LogP contribution in [0, 0.1) is 0 Å². The molecule has 4 aromatic rings. The number of aromatic nitrogens is 1. The minimum absolute atomic E-state index is 0.159. The number of fused-ring (bicyclic) bond motifs is 1. The van der Waals surface area contributed by atoms with Gasteiger partial charge < -0.3 is 23.4 Å². The van der Waals surface area contributed by atoms with Crippen molar-refractivity contribution in [3.8, 4) is 22.8 Å². The van der Waals surface area contributed by atoms with Crippen molar-refractivity contribution in [1.82, 2.24) is 4.57 Å². The summed E-state index contributed by atoms with van der Waals surface area (Å²) < 4.78 is 29.9. The van der Waals surface area contributed by atoms with E-state index in [0.717, 1.165) is 5.56 Å². The van der Waals surface area contributed by atoms with Gasteiger partial charge in [-0.2, -0.15) is 0 Å². The third-order valence-electron chi connectivity index (χ3n) is 6.90. The molecule has 1 aliphatic heterocycles. The zero-order chi connectivity index (χ0) is 31.5. The Balaban J connectivity index is 1.60. The molecule has 1 atom stereocenters. The molecular formula is C32H29BrN2O8S. The Bertz CT molecular complexity index is 1950. The normalized spacial score (nSPS) is 14.6. The zero-order valence-electron chi connectivity index (χ0n) is 24.6. The topological polar surface area (TPSA) is 119 Å². The molecule has 0 unspecified atom stereocenters. The molecule has 5 rings (SSSR count). The van der Waals surface area contributed by atoms with E-state index >= 15 is 0 Å². The van der Waals surface area contributed by atoms with Crippen LogP contribution in [0.2, 0.25) is 0 Å². The number of hydrogen-bond acceptors (Lipinski definition) is 10. The van der Waals surface area contributed by atoms with Crippen molar-refractivity contribution < 1.29 is 33.0 Å². The van der Waals surface area contributed by atoms with E-state index in [1.54, 1.807) is 75.4 Å². The largest absolute Gasteiger partial charge is 0.493 e. The number of carbonyl (C=O) groups excluding carboxylic acids is 2. The second-order valence-electron chi connectivity index (χ2n) is 9.53. The van der Waals surface area contributed by atoms with Crippen molar-refractivity contribution in [1.29, 1.82) is 0 Å². The van der Waals surface area contributed by atoms with Crippen LogP contribution in [0.5, 0.6) is 11.5 Å². The third kappa shape index (κ3) is 5.87. The van der Waals surface area contributed by atoms with Gasteiger partial charge >= 0.3 is 11.9 Å². The number of allylic oxidation sites excluding steroid dienone is 1. The van der Waals surface area contributed by atoms with E-state index in [1.807, 2.05) is 0 Å². The molecule has 0 fully saturated rings. The molecule has 10 nitrogen and oxygen atoms in total. The van der Waals surface area contributed by atoms with E-state index < -0.39 is 18.0 Å². The van der Waals surface area contributed by atoms with Gasteiger partial charge in [-0.25, -0.2) is 14.6 Å². The maximum atomic E-state index is 14.0. The molecule has 0 aliphatic carbocycles. The van der Waals surface area contributed by atoms with Crippen molar-refractivity contribution in [3.05, 3.63) is 101 Å². The number of thiazole rings is 1. The number of carbonyl (C=O) groups is 2. The van der Waals surface area contributed by atoms with Crippen LogP contribution < -0.4 is 24.4 Å². The maximum absolute atomic E-state index is 14.0. The maximum Gasteiger partial charge on any atom is 0.338 e. The van der Waals surface area contributed by atoms with Gasteiger partial charge in [-0.05, 0) is 62.7 Å².